The van der Waals surface area contributed by atoms with E-state index in [0.29, 0.717) is 6.42 Å². The van der Waals surface area contributed by atoms with Gasteiger partial charge in [-0.25, -0.2) is 0 Å². The van der Waals surface area contributed by atoms with Gasteiger partial charge in [0, 0.05) is 13.5 Å². The number of carbonyl (C=O) groups excluding carboxylic acids is 1. The molecule has 0 saturated heterocycles. The molecule has 0 heterocycles. The highest BCUT2D eigenvalue weighted by molar-refractivity contribution is 5.50. The van der Waals surface area contributed by atoms with Crippen molar-refractivity contribution in [2.45, 2.75) is 26.7 Å². The van der Waals surface area contributed by atoms with Gasteiger partial charge in [0.1, 0.15) is 18.6 Å². The van der Waals surface area contributed by atoms with Crippen LogP contribution in [0.5, 0.6) is 5.75 Å². The van der Waals surface area contributed by atoms with Gasteiger partial charge in [-0.1, -0.05) is 31.9 Å². The fourth-order valence-corrected chi connectivity index (χ4v) is 1.10. The van der Waals surface area contributed by atoms with Gasteiger partial charge < -0.3 is 14.6 Å². The second kappa shape index (κ2) is 15.2. The Hall–Kier alpha value is -1.79. The third-order valence-electron chi connectivity index (χ3n) is 1.80. The lowest BCUT2D eigenvalue weighted by Crippen LogP contribution is -1.93. The van der Waals surface area contributed by atoms with Crippen LogP contribution in [0.15, 0.2) is 24.3 Å². The Morgan fingerprint density at radius 3 is 2.28 bits per heavy atom. The number of hydrogen-bond acceptors (Lipinski definition) is 3. The van der Waals surface area contributed by atoms with Gasteiger partial charge in [-0.2, -0.15) is 0 Å². The minimum Gasteiger partial charge on any atom is -0.481 e. The van der Waals surface area contributed by atoms with Crippen molar-refractivity contribution in [2.75, 3.05) is 13.7 Å². The van der Waals surface area contributed by atoms with E-state index in [9.17, 15) is 4.79 Å². The van der Waals surface area contributed by atoms with Crippen LogP contribution in [0.1, 0.15) is 25.8 Å². The Morgan fingerprint density at radius 2 is 1.83 bits per heavy atom. The van der Waals surface area contributed by atoms with Crippen LogP contribution >= 0.6 is 0 Å². The van der Waals surface area contributed by atoms with Crippen LogP contribution in [0.3, 0.4) is 0 Å². The summed E-state index contributed by atoms with van der Waals surface area (Å²) in [7, 11) is 1.00. The fraction of sp³-hybridized carbons (Fsp3) is 0.400. The summed E-state index contributed by atoms with van der Waals surface area (Å²) in [5.74, 6) is 3.16. The molecule has 0 unspecified atom stereocenters. The predicted molar refractivity (Wildman–Crippen MR) is 74.6 cm³/mol. The van der Waals surface area contributed by atoms with Crippen molar-refractivity contribution in [1.82, 2.24) is 0 Å². The van der Waals surface area contributed by atoms with Gasteiger partial charge in [0.15, 0.2) is 0 Å². The first-order valence-corrected chi connectivity index (χ1v) is 5.90. The highest BCUT2D eigenvalue weighted by atomic mass is 16.5. The second-order valence-electron chi connectivity index (χ2n) is 2.84. The molecule has 0 fully saturated rings. The number of hydrogen-bond donors (Lipinski definition) is 1. The van der Waals surface area contributed by atoms with Crippen molar-refractivity contribution >= 4 is 6.29 Å². The molecule has 1 rings (SSSR count). The molecule has 100 valence electrons. The molecule has 0 spiro atoms. The first kappa shape index (κ1) is 18.6. The van der Waals surface area contributed by atoms with E-state index in [2.05, 4.69) is 5.92 Å². The number of terminal acetylenes is 1. The SMILES string of the molecule is C#CCOc1ccc(CCC=O)cc1.CC.CO. The Labute approximate surface area is 110 Å². The monoisotopic (exact) mass is 250 g/mol. The molecule has 0 radical (unpaired) electrons. The highest BCUT2D eigenvalue weighted by Gasteiger charge is 1.94. The topological polar surface area (TPSA) is 46.5 Å². The molecule has 0 aromatic heterocycles. The largest absolute Gasteiger partial charge is 0.481 e. The molecule has 0 bridgehead atoms. The summed E-state index contributed by atoms with van der Waals surface area (Å²) < 4.78 is 5.21. The lowest BCUT2D eigenvalue weighted by atomic mass is 10.1. The first-order chi connectivity index (χ1) is 8.86. The van der Waals surface area contributed by atoms with Gasteiger partial charge in [0.25, 0.3) is 0 Å². The summed E-state index contributed by atoms with van der Waals surface area (Å²) in [6, 6.07) is 7.60. The van der Waals surface area contributed by atoms with Crippen molar-refractivity contribution in [3.63, 3.8) is 0 Å². The van der Waals surface area contributed by atoms with Gasteiger partial charge >= 0.3 is 0 Å². The van der Waals surface area contributed by atoms with E-state index < -0.39 is 0 Å². The van der Waals surface area contributed by atoms with Gasteiger partial charge in [0.05, 0.1) is 0 Å². The van der Waals surface area contributed by atoms with Crippen molar-refractivity contribution in [2.24, 2.45) is 0 Å². The normalized spacial score (nSPS) is 7.72. The molecule has 18 heavy (non-hydrogen) atoms. The number of aliphatic hydroxyl groups is 1. The second-order valence-corrected chi connectivity index (χ2v) is 2.84. The van der Waals surface area contributed by atoms with Crippen LogP contribution in [0.25, 0.3) is 0 Å². The molecule has 0 atom stereocenters. The molecule has 1 aromatic rings. The maximum Gasteiger partial charge on any atom is 0.148 e. The van der Waals surface area contributed by atoms with Crippen LogP contribution in [0.4, 0.5) is 0 Å². The third-order valence-corrected chi connectivity index (χ3v) is 1.80. The summed E-state index contributed by atoms with van der Waals surface area (Å²) in [5, 5.41) is 7.00. The van der Waals surface area contributed by atoms with Gasteiger partial charge in [-0.15, -0.1) is 6.42 Å². The average Bonchev–Trinajstić information content (AvgIpc) is 2.48. The molecule has 0 amide bonds. The lowest BCUT2D eigenvalue weighted by molar-refractivity contribution is -0.107. The number of aryl methyl sites for hydroxylation is 1. The molecular formula is C15H22O3. The molecule has 0 aliphatic carbocycles. The van der Waals surface area contributed by atoms with Crippen molar-refractivity contribution in [3.8, 4) is 18.1 Å². The molecular weight excluding hydrogens is 228 g/mol. The molecule has 0 aliphatic rings. The van der Waals surface area contributed by atoms with Gasteiger partial charge in [-0.3, -0.25) is 0 Å². The van der Waals surface area contributed by atoms with E-state index in [-0.39, 0.29) is 6.61 Å². The van der Waals surface area contributed by atoms with Crippen LogP contribution < -0.4 is 4.74 Å². The minimum atomic E-state index is 0.285. The fourth-order valence-electron chi connectivity index (χ4n) is 1.10. The number of carbonyl (C=O) groups is 1. The van der Waals surface area contributed by atoms with E-state index >= 15 is 0 Å². The van der Waals surface area contributed by atoms with E-state index in [1.165, 1.54) is 0 Å². The number of benzene rings is 1. The van der Waals surface area contributed by atoms with Crippen molar-refractivity contribution in [3.05, 3.63) is 29.8 Å². The summed E-state index contributed by atoms with van der Waals surface area (Å²) in [5.41, 5.74) is 1.13. The zero-order chi connectivity index (χ0) is 14.2. The van der Waals surface area contributed by atoms with Crippen LogP contribution in [0.2, 0.25) is 0 Å². The molecule has 1 N–H and O–H groups in total. The number of ether oxygens (including phenoxy) is 1. The number of rotatable bonds is 5. The van der Waals surface area contributed by atoms with Crippen LogP contribution in [-0.4, -0.2) is 25.1 Å². The highest BCUT2D eigenvalue weighted by Crippen LogP contribution is 2.12. The lowest BCUT2D eigenvalue weighted by Gasteiger charge is -2.02. The Morgan fingerprint density at radius 1 is 1.28 bits per heavy atom. The quantitative estimate of drug-likeness (QED) is 0.645. The molecule has 1 aromatic carbocycles. The van der Waals surface area contributed by atoms with Gasteiger partial charge in [0.2, 0.25) is 0 Å². The van der Waals surface area contributed by atoms with E-state index in [4.69, 9.17) is 16.3 Å². The molecule has 3 nitrogen and oxygen atoms in total. The summed E-state index contributed by atoms with van der Waals surface area (Å²) in [6.07, 6.45) is 7.31. The maximum absolute atomic E-state index is 10.1. The zero-order valence-corrected chi connectivity index (χ0v) is 11.3. The van der Waals surface area contributed by atoms with Crippen LogP contribution in [-0.2, 0) is 11.2 Å². The minimum absolute atomic E-state index is 0.285. The molecule has 0 aliphatic heterocycles. The van der Waals surface area contributed by atoms with E-state index in [0.717, 1.165) is 31.1 Å². The predicted octanol–water partition coefficient (Wildman–Crippen LogP) is 2.46. The van der Waals surface area contributed by atoms with E-state index in [1.54, 1.807) is 0 Å². The number of aliphatic hydroxyl groups excluding tert-OH is 1. The number of aldehydes is 1. The average molecular weight is 250 g/mol. The molecule has 0 saturated carbocycles. The summed E-state index contributed by atoms with van der Waals surface area (Å²) in [6.45, 7) is 4.29. The zero-order valence-electron chi connectivity index (χ0n) is 11.3. The summed E-state index contributed by atoms with van der Waals surface area (Å²) >= 11 is 0. The summed E-state index contributed by atoms with van der Waals surface area (Å²) in [4.78, 5) is 10.1. The van der Waals surface area contributed by atoms with Gasteiger partial charge in [-0.05, 0) is 24.1 Å². The standard InChI is InChI=1S/C12H12O2.C2H6.CH4O/c1-2-10-14-12-7-5-11(6-8-12)4-3-9-13;2*1-2/h1,5-9H,3-4,10H2;1-2H3;2H,1H3. The molecule has 3 heteroatoms. The first-order valence-electron chi connectivity index (χ1n) is 5.90. The Bertz CT molecular complexity index is 323. The van der Waals surface area contributed by atoms with Crippen molar-refractivity contribution < 1.29 is 14.6 Å². The van der Waals surface area contributed by atoms with Crippen LogP contribution in [0, 0.1) is 12.3 Å². The smallest absolute Gasteiger partial charge is 0.148 e. The Balaban J connectivity index is 0. The van der Waals surface area contributed by atoms with E-state index in [1.807, 2.05) is 38.1 Å². The van der Waals surface area contributed by atoms with Crippen molar-refractivity contribution in [1.29, 1.82) is 0 Å². The maximum atomic E-state index is 10.1. The Kier molecular flexibility index (Phi) is 15.7. The third kappa shape index (κ3) is 9.44.